The highest BCUT2D eigenvalue weighted by Crippen LogP contribution is 2.24. The van der Waals surface area contributed by atoms with E-state index in [2.05, 4.69) is 29.1 Å². The summed E-state index contributed by atoms with van der Waals surface area (Å²) >= 11 is 0. The molecule has 4 N–H and O–H groups in total. The molecule has 5 heteroatoms. The Labute approximate surface area is 125 Å². The molecule has 2 rings (SSSR count). The first-order chi connectivity index (χ1) is 10.1. The van der Waals surface area contributed by atoms with Crippen molar-refractivity contribution in [1.82, 2.24) is 9.97 Å². The van der Waals surface area contributed by atoms with Crippen molar-refractivity contribution in [3.63, 3.8) is 0 Å². The van der Waals surface area contributed by atoms with Crippen LogP contribution in [0.15, 0.2) is 23.3 Å². The van der Waals surface area contributed by atoms with Crippen molar-refractivity contribution in [2.24, 2.45) is 0 Å². The second-order valence-electron chi connectivity index (χ2n) is 5.58. The minimum absolute atomic E-state index is 0.161. The molecule has 0 radical (unpaired) electrons. The third kappa shape index (κ3) is 3.97. The molecule has 0 bridgehead atoms. The second kappa shape index (κ2) is 7.11. The van der Waals surface area contributed by atoms with Crippen molar-refractivity contribution in [1.29, 1.82) is 0 Å². The van der Waals surface area contributed by atoms with E-state index in [1.54, 1.807) is 6.07 Å². The van der Waals surface area contributed by atoms with Gasteiger partial charge in [0, 0.05) is 6.04 Å². The van der Waals surface area contributed by atoms with Gasteiger partial charge in [-0.3, -0.25) is 4.79 Å². The lowest BCUT2D eigenvalue weighted by Crippen LogP contribution is -2.16. The molecule has 5 nitrogen and oxygen atoms in total. The summed E-state index contributed by atoms with van der Waals surface area (Å²) in [5, 5.41) is 3.95. The van der Waals surface area contributed by atoms with Crippen molar-refractivity contribution >= 4 is 22.3 Å². The molecular weight excluding hydrogens is 264 g/mol. The smallest absolute Gasteiger partial charge is 0.258 e. The maximum absolute atomic E-state index is 11.7. The average molecular weight is 288 g/mol. The number of nitrogens with zero attached hydrogens (tertiary/aromatic N) is 1. The molecule has 1 unspecified atom stereocenters. The van der Waals surface area contributed by atoms with Crippen molar-refractivity contribution in [2.45, 2.75) is 52.0 Å². The number of unbranched alkanes of at least 4 members (excludes halogenated alkanes) is 3. The van der Waals surface area contributed by atoms with Gasteiger partial charge in [-0.2, -0.15) is 0 Å². The van der Waals surface area contributed by atoms with Gasteiger partial charge in [0.2, 0.25) is 0 Å². The third-order valence-corrected chi connectivity index (χ3v) is 3.70. The Morgan fingerprint density at radius 2 is 2.14 bits per heavy atom. The highest BCUT2D eigenvalue weighted by Gasteiger charge is 2.08. The fourth-order valence-corrected chi connectivity index (χ4v) is 2.47. The van der Waals surface area contributed by atoms with Crippen LogP contribution in [-0.2, 0) is 0 Å². The first-order valence-corrected chi connectivity index (χ1v) is 7.65. The number of nitrogens with two attached hydrogens (primary N) is 1. The summed E-state index contributed by atoms with van der Waals surface area (Å²) in [5.74, 6) is 0. The fraction of sp³-hybridized carbons (Fsp3) is 0.500. The van der Waals surface area contributed by atoms with Crippen molar-refractivity contribution in [2.75, 3.05) is 11.1 Å². The van der Waals surface area contributed by atoms with Crippen LogP contribution in [0.3, 0.4) is 0 Å². The number of H-pyrrole nitrogens is 1. The minimum Gasteiger partial charge on any atom is -0.397 e. The van der Waals surface area contributed by atoms with Crippen LogP contribution in [0.25, 0.3) is 10.9 Å². The first kappa shape index (κ1) is 15.4. The second-order valence-corrected chi connectivity index (χ2v) is 5.58. The molecule has 0 aliphatic carbocycles. The Morgan fingerprint density at radius 1 is 1.33 bits per heavy atom. The molecule has 0 aliphatic heterocycles. The number of benzene rings is 1. The van der Waals surface area contributed by atoms with Crippen LogP contribution in [0, 0.1) is 0 Å². The fourth-order valence-electron chi connectivity index (χ4n) is 2.47. The molecule has 0 saturated carbocycles. The molecule has 0 spiro atoms. The van der Waals surface area contributed by atoms with Crippen LogP contribution >= 0.6 is 0 Å². The summed E-state index contributed by atoms with van der Waals surface area (Å²) in [6.07, 6.45) is 7.55. The Bertz CT molecular complexity index is 650. The quantitative estimate of drug-likeness (QED) is 0.539. The standard InChI is InChI=1S/C16H24N4O/c1-3-4-5-6-7-11(2)20-15-9-14-12(8-13(15)17)16(21)19-10-18-14/h8-11,20H,3-7,17H2,1-2H3,(H,18,19,21). The highest BCUT2D eigenvalue weighted by molar-refractivity contribution is 5.88. The number of aromatic nitrogens is 2. The minimum atomic E-state index is -0.161. The number of hydrogen-bond acceptors (Lipinski definition) is 4. The number of rotatable bonds is 7. The molecule has 1 aromatic carbocycles. The maximum Gasteiger partial charge on any atom is 0.258 e. The van der Waals surface area contributed by atoms with Crippen molar-refractivity contribution in [3.8, 4) is 0 Å². The summed E-state index contributed by atoms with van der Waals surface area (Å²) in [4.78, 5) is 18.4. The van der Waals surface area contributed by atoms with Gasteiger partial charge in [-0.1, -0.05) is 32.6 Å². The van der Waals surface area contributed by atoms with E-state index in [0.717, 1.165) is 12.1 Å². The summed E-state index contributed by atoms with van der Waals surface area (Å²) in [5.41, 5.74) is 7.97. The van der Waals surface area contributed by atoms with Gasteiger partial charge in [-0.15, -0.1) is 0 Å². The predicted molar refractivity (Wildman–Crippen MR) is 88.6 cm³/mol. The van der Waals surface area contributed by atoms with E-state index in [-0.39, 0.29) is 5.56 Å². The van der Waals surface area contributed by atoms with Crippen LogP contribution < -0.4 is 16.6 Å². The molecule has 21 heavy (non-hydrogen) atoms. The topological polar surface area (TPSA) is 83.8 Å². The summed E-state index contributed by atoms with van der Waals surface area (Å²) < 4.78 is 0. The SMILES string of the molecule is CCCCCCC(C)Nc1cc2nc[nH]c(=O)c2cc1N. The third-order valence-electron chi connectivity index (χ3n) is 3.70. The largest absolute Gasteiger partial charge is 0.397 e. The van der Waals surface area contributed by atoms with Gasteiger partial charge in [0.05, 0.1) is 28.6 Å². The number of nitrogen functional groups attached to an aromatic ring is 1. The number of aromatic amines is 1. The van der Waals surface area contributed by atoms with Crippen LogP contribution in [-0.4, -0.2) is 16.0 Å². The lowest BCUT2D eigenvalue weighted by molar-refractivity contribution is 0.594. The predicted octanol–water partition coefficient (Wildman–Crippen LogP) is 3.28. The van der Waals surface area contributed by atoms with Crippen molar-refractivity contribution < 1.29 is 0 Å². The van der Waals surface area contributed by atoms with Crippen LogP contribution in [0.4, 0.5) is 11.4 Å². The zero-order valence-corrected chi connectivity index (χ0v) is 12.8. The van der Waals surface area contributed by atoms with Gasteiger partial charge in [0.25, 0.3) is 5.56 Å². The summed E-state index contributed by atoms with van der Waals surface area (Å²) in [6.45, 7) is 4.37. The first-order valence-electron chi connectivity index (χ1n) is 7.65. The van der Waals surface area contributed by atoms with Gasteiger partial charge in [0.1, 0.15) is 0 Å². The van der Waals surface area contributed by atoms with E-state index in [1.807, 2.05) is 6.07 Å². The molecule has 0 amide bonds. The van der Waals surface area contributed by atoms with Gasteiger partial charge in [-0.05, 0) is 25.5 Å². The van der Waals surface area contributed by atoms with E-state index in [4.69, 9.17) is 5.73 Å². The van der Waals surface area contributed by atoms with Gasteiger partial charge in [0.15, 0.2) is 0 Å². The normalized spacial score (nSPS) is 12.5. The van der Waals surface area contributed by atoms with E-state index >= 15 is 0 Å². The maximum atomic E-state index is 11.7. The highest BCUT2D eigenvalue weighted by atomic mass is 16.1. The molecule has 0 aliphatic rings. The Balaban J connectivity index is 2.08. The van der Waals surface area contributed by atoms with Crippen LogP contribution in [0.5, 0.6) is 0 Å². The number of anilines is 2. The van der Waals surface area contributed by atoms with Crippen LogP contribution in [0.2, 0.25) is 0 Å². The zero-order valence-electron chi connectivity index (χ0n) is 12.8. The number of fused-ring (bicyclic) bond motifs is 1. The van der Waals surface area contributed by atoms with E-state index in [0.29, 0.717) is 22.6 Å². The number of hydrogen-bond donors (Lipinski definition) is 3. The molecule has 1 atom stereocenters. The van der Waals surface area contributed by atoms with E-state index < -0.39 is 0 Å². The van der Waals surface area contributed by atoms with Crippen molar-refractivity contribution in [3.05, 3.63) is 28.8 Å². The Hall–Kier alpha value is -2.04. The molecule has 0 fully saturated rings. The number of nitrogens with one attached hydrogen (secondary N) is 2. The molecular formula is C16H24N4O. The Kier molecular flexibility index (Phi) is 5.20. The summed E-state index contributed by atoms with van der Waals surface area (Å²) in [7, 11) is 0. The van der Waals surface area contributed by atoms with E-state index in [1.165, 1.54) is 32.0 Å². The van der Waals surface area contributed by atoms with Crippen LogP contribution in [0.1, 0.15) is 46.0 Å². The average Bonchev–Trinajstić information content (AvgIpc) is 2.46. The lowest BCUT2D eigenvalue weighted by atomic mass is 10.1. The molecule has 2 aromatic rings. The monoisotopic (exact) mass is 288 g/mol. The Morgan fingerprint density at radius 3 is 2.90 bits per heavy atom. The zero-order chi connectivity index (χ0) is 15.2. The van der Waals surface area contributed by atoms with E-state index in [9.17, 15) is 4.79 Å². The van der Waals surface area contributed by atoms with Gasteiger partial charge in [-0.25, -0.2) is 4.98 Å². The lowest BCUT2D eigenvalue weighted by Gasteiger charge is -2.17. The molecule has 114 valence electrons. The molecule has 1 aromatic heterocycles. The van der Waals surface area contributed by atoms with Gasteiger partial charge < -0.3 is 16.0 Å². The molecule has 1 heterocycles. The molecule has 0 saturated heterocycles. The summed E-state index contributed by atoms with van der Waals surface area (Å²) in [6, 6.07) is 3.89. The van der Waals surface area contributed by atoms with Gasteiger partial charge >= 0.3 is 0 Å².